The van der Waals surface area contributed by atoms with Crippen LogP contribution in [0.5, 0.6) is 0 Å². The summed E-state index contributed by atoms with van der Waals surface area (Å²) in [4.78, 5) is 2.65. The van der Waals surface area contributed by atoms with E-state index >= 15 is 0 Å². The number of hydrogen-bond acceptors (Lipinski definition) is 2. The normalized spacial score (nSPS) is 25.1. The lowest BCUT2D eigenvalue weighted by Crippen LogP contribution is -2.47. The predicted octanol–water partition coefficient (Wildman–Crippen LogP) is 5.82. The molecule has 1 heterocycles. The van der Waals surface area contributed by atoms with Gasteiger partial charge in [-0.1, -0.05) is 52.2 Å². The number of unbranched alkanes of at least 4 members (excludes halogenated alkanes) is 3. The number of piperidine rings is 1. The van der Waals surface area contributed by atoms with Gasteiger partial charge in [0.1, 0.15) is 0 Å². The molecule has 0 bridgehead atoms. The summed E-state index contributed by atoms with van der Waals surface area (Å²) in [5, 5.41) is 3.19. The molecule has 0 radical (unpaired) electrons. The lowest BCUT2D eigenvalue weighted by Gasteiger charge is -2.45. The molecule has 0 aromatic heterocycles. The van der Waals surface area contributed by atoms with Crippen LogP contribution in [0.3, 0.4) is 0 Å². The van der Waals surface area contributed by atoms with Gasteiger partial charge in [-0.2, -0.15) is 0 Å². The minimum atomic E-state index is -2.27. The van der Waals surface area contributed by atoms with Crippen LogP contribution in [0.1, 0.15) is 58.4 Å². The van der Waals surface area contributed by atoms with Crippen LogP contribution in [0.15, 0.2) is 24.3 Å². The van der Waals surface area contributed by atoms with E-state index in [1.165, 1.54) is 57.3 Å². The molecule has 0 amide bonds. The van der Waals surface area contributed by atoms with Crippen molar-refractivity contribution >= 4 is 13.0 Å². The van der Waals surface area contributed by atoms with Crippen molar-refractivity contribution in [3.63, 3.8) is 0 Å². The summed E-state index contributed by atoms with van der Waals surface area (Å²) in [6.07, 6.45) is 6.56. The molecule has 1 aliphatic rings. The van der Waals surface area contributed by atoms with Crippen molar-refractivity contribution in [1.29, 1.82) is 0 Å². The van der Waals surface area contributed by atoms with E-state index in [2.05, 4.69) is 49.0 Å². The molecule has 3 nitrogen and oxygen atoms in total. The number of nitrogens with one attached hydrogen (secondary N) is 1. The van der Waals surface area contributed by atoms with Gasteiger partial charge in [-0.25, -0.2) is 0 Å². The fourth-order valence-electron chi connectivity index (χ4n) is 3.97. The predicted molar refractivity (Wildman–Crippen MR) is 111 cm³/mol. The number of likely N-dealkylation sites (tertiary alicyclic amines) is 1. The highest BCUT2D eigenvalue weighted by Gasteiger charge is 2.37. The maximum absolute atomic E-state index is 12.1. The summed E-state index contributed by atoms with van der Waals surface area (Å²) in [5.74, 6) is 0.623. The maximum atomic E-state index is 12.1. The van der Waals surface area contributed by atoms with Gasteiger partial charge in [-0.15, -0.1) is 0 Å². The SMILES string of the molecule is CCCCCCN1CCC(C)(c2cccc(NP(C)(C)=O)c2)C(C)C1. The number of hydrogen-bond donors (Lipinski definition) is 1. The van der Waals surface area contributed by atoms with Gasteiger partial charge in [0, 0.05) is 25.6 Å². The van der Waals surface area contributed by atoms with Crippen molar-refractivity contribution < 1.29 is 4.57 Å². The van der Waals surface area contributed by atoms with E-state index in [-0.39, 0.29) is 5.41 Å². The van der Waals surface area contributed by atoms with Gasteiger partial charge in [0.05, 0.1) is 0 Å². The molecule has 2 unspecified atom stereocenters. The molecule has 1 aliphatic heterocycles. The van der Waals surface area contributed by atoms with Crippen LogP contribution in [0, 0.1) is 5.92 Å². The maximum Gasteiger partial charge on any atom is 0.164 e. The van der Waals surface area contributed by atoms with Gasteiger partial charge in [0.25, 0.3) is 0 Å². The van der Waals surface area contributed by atoms with E-state index in [1.807, 2.05) is 6.07 Å². The third kappa shape index (κ3) is 5.86. The molecule has 1 aromatic carbocycles. The molecule has 25 heavy (non-hydrogen) atoms. The zero-order valence-corrected chi connectivity index (χ0v) is 17.7. The van der Waals surface area contributed by atoms with E-state index in [0.717, 1.165) is 5.69 Å². The van der Waals surface area contributed by atoms with Crippen molar-refractivity contribution in [2.24, 2.45) is 5.92 Å². The lowest BCUT2D eigenvalue weighted by molar-refractivity contribution is 0.109. The average Bonchev–Trinajstić information content (AvgIpc) is 2.53. The first-order valence-corrected chi connectivity index (χ1v) is 12.5. The smallest absolute Gasteiger partial charge is 0.164 e. The Balaban J connectivity index is 2.02. The van der Waals surface area contributed by atoms with E-state index < -0.39 is 7.29 Å². The highest BCUT2D eigenvalue weighted by molar-refractivity contribution is 7.63. The Labute approximate surface area is 155 Å². The highest BCUT2D eigenvalue weighted by Crippen LogP contribution is 2.42. The largest absolute Gasteiger partial charge is 0.337 e. The van der Waals surface area contributed by atoms with Crippen molar-refractivity contribution in [3.05, 3.63) is 29.8 Å². The van der Waals surface area contributed by atoms with Crippen molar-refractivity contribution in [2.75, 3.05) is 38.1 Å². The number of anilines is 1. The average molecular weight is 365 g/mol. The van der Waals surface area contributed by atoms with Gasteiger partial charge in [0.2, 0.25) is 0 Å². The molecule has 1 saturated heterocycles. The second-order valence-corrected chi connectivity index (χ2v) is 11.4. The Kier molecular flexibility index (Phi) is 7.17. The summed E-state index contributed by atoms with van der Waals surface area (Å²) in [5.41, 5.74) is 2.56. The zero-order chi connectivity index (χ0) is 18.5. The molecule has 2 rings (SSSR count). The molecule has 1 N–H and O–H groups in total. The second kappa shape index (κ2) is 8.73. The third-order valence-electron chi connectivity index (χ3n) is 5.82. The Morgan fingerprint density at radius 3 is 2.68 bits per heavy atom. The quantitative estimate of drug-likeness (QED) is 0.466. The first-order valence-electron chi connectivity index (χ1n) is 9.91. The van der Waals surface area contributed by atoms with Crippen LogP contribution in [0.25, 0.3) is 0 Å². The van der Waals surface area contributed by atoms with E-state index in [9.17, 15) is 4.57 Å². The van der Waals surface area contributed by atoms with Crippen LogP contribution in [0.4, 0.5) is 5.69 Å². The van der Waals surface area contributed by atoms with Crippen LogP contribution in [0.2, 0.25) is 0 Å². The lowest BCUT2D eigenvalue weighted by atomic mass is 9.68. The van der Waals surface area contributed by atoms with Gasteiger partial charge >= 0.3 is 0 Å². The summed E-state index contributed by atoms with van der Waals surface area (Å²) >= 11 is 0. The Morgan fingerprint density at radius 1 is 1.28 bits per heavy atom. The van der Waals surface area contributed by atoms with E-state index in [1.54, 1.807) is 13.3 Å². The number of rotatable bonds is 8. The number of nitrogens with zero attached hydrogens (tertiary/aromatic N) is 1. The zero-order valence-electron chi connectivity index (χ0n) is 16.8. The van der Waals surface area contributed by atoms with Crippen LogP contribution in [-0.2, 0) is 9.98 Å². The van der Waals surface area contributed by atoms with Gasteiger partial charge < -0.3 is 14.6 Å². The Hall–Kier alpha value is -0.790. The molecule has 1 aromatic rings. The number of benzene rings is 1. The standard InChI is InChI=1S/C21H37N2OP/c1-6-7-8-9-14-23-15-13-21(3,18(2)17-23)19-11-10-12-20(16-19)22-25(4,5)24/h10-12,16,18H,6-9,13-15,17H2,1-5H3,(H,22,24). The summed E-state index contributed by atoms with van der Waals surface area (Å²) in [6.45, 7) is 14.2. The first kappa shape index (κ1) is 20.5. The molecule has 0 aliphatic carbocycles. The molecular formula is C21H37N2OP. The minimum Gasteiger partial charge on any atom is -0.337 e. The van der Waals surface area contributed by atoms with Gasteiger partial charge in [-0.3, -0.25) is 0 Å². The summed E-state index contributed by atoms with van der Waals surface area (Å²) < 4.78 is 12.1. The van der Waals surface area contributed by atoms with Crippen LogP contribution in [-0.4, -0.2) is 37.9 Å². The molecule has 142 valence electrons. The van der Waals surface area contributed by atoms with Crippen molar-refractivity contribution in [3.8, 4) is 0 Å². The molecule has 0 spiro atoms. The summed E-state index contributed by atoms with van der Waals surface area (Å²) in [7, 11) is -2.27. The minimum absolute atomic E-state index is 0.198. The van der Waals surface area contributed by atoms with Crippen LogP contribution < -0.4 is 5.09 Å². The molecule has 2 atom stereocenters. The first-order chi connectivity index (χ1) is 11.7. The summed E-state index contributed by atoms with van der Waals surface area (Å²) in [6, 6.07) is 8.59. The third-order valence-corrected chi connectivity index (χ3v) is 6.61. The molecule has 0 saturated carbocycles. The highest BCUT2D eigenvalue weighted by atomic mass is 31.2. The van der Waals surface area contributed by atoms with Gasteiger partial charge in [0.15, 0.2) is 7.29 Å². The van der Waals surface area contributed by atoms with Crippen molar-refractivity contribution in [1.82, 2.24) is 4.90 Å². The Bertz CT molecular complexity index is 597. The van der Waals surface area contributed by atoms with E-state index in [0.29, 0.717) is 5.92 Å². The topological polar surface area (TPSA) is 32.3 Å². The Morgan fingerprint density at radius 2 is 2.04 bits per heavy atom. The van der Waals surface area contributed by atoms with E-state index in [4.69, 9.17) is 0 Å². The second-order valence-electron chi connectivity index (χ2n) is 8.47. The fourth-order valence-corrected chi connectivity index (χ4v) is 4.73. The van der Waals surface area contributed by atoms with Crippen molar-refractivity contribution in [2.45, 2.75) is 58.3 Å². The van der Waals surface area contributed by atoms with Gasteiger partial charge in [-0.05, 0) is 55.0 Å². The van der Waals surface area contributed by atoms with Crippen LogP contribution >= 0.6 is 7.29 Å². The molecule has 1 fully saturated rings. The fraction of sp³-hybridized carbons (Fsp3) is 0.714. The molecular weight excluding hydrogens is 327 g/mol. The monoisotopic (exact) mass is 364 g/mol. The molecule has 4 heteroatoms.